The molecule has 130 valence electrons. The van der Waals surface area contributed by atoms with Crippen LogP contribution in [0.3, 0.4) is 0 Å². The van der Waals surface area contributed by atoms with Crippen molar-refractivity contribution in [2.24, 2.45) is 0 Å². The van der Waals surface area contributed by atoms with Crippen molar-refractivity contribution < 1.29 is 9.59 Å². The van der Waals surface area contributed by atoms with Gasteiger partial charge in [-0.05, 0) is 48.7 Å². The van der Waals surface area contributed by atoms with Crippen molar-refractivity contribution in [2.75, 3.05) is 18.9 Å². The van der Waals surface area contributed by atoms with E-state index in [1.807, 2.05) is 44.2 Å². The first-order chi connectivity index (χ1) is 11.9. The molecule has 0 aliphatic carbocycles. The molecule has 1 N–H and O–H groups in total. The summed E-state index contributed by atoms with van der Waals surface area (Å²) in [6, 6.07) is 13.0. The number of hydrogen-bond acceptors (Lipinski definition) is 2. The van der Waals surface area contributed by atoms with E-state index in [9.17, 15) is 9.59 Å². The lowest BCUT2D eigenvalue weighted by Crippen LogP contribution is -2.34. The number of amides is 2. The van der Waals surface area contributed by atoms with Crippen molar-refractivity contribution in [2.45, 2.75) is 13.8 Å². The number of hydrogen-bond donors (Lipinski definition) is 1. The van der Waals surface area contributed by atoms with Crippen LogP contribution in [-0.2, 0) is 9.59 Å². The van der Waals surface area contributed by atoms with E-state index >= 15 is 0 Å². The molecule has 0 saturated heterocycles. The number of rotatable bonds is 5. The second kappa shape index (κ2) is 8.49. The normalized spacial score (nSPS) is 10.7. The van der Waals surface area contributed by atoms with Crippen LogP contribution in [0.15, 0.2) is 48.5 Å². The highest BCUT2D eigenvalue weighted by atomic mass is 35.5. The van der Waals surface area contributed by atoms with Gasteiger partial charge in [0.25, 0.3) is 0 Å². The molecule has 25 heavy (non-hydrogen) atoms. The molecule has 4 nitrogen and oxygen atoms in total. The van der Waals surface area contributed by atoms with Gasteiger partial charge in [-0.3, -0.25) is 9.59 Å². The molecule has 2 amide bonds. The Bertz CT molecular complexity index is 795. The summed E-state index contributed by atoms with van der Waals surface area (Å²) in [6.45, 7) is 3.85. The predicted molar refractivity (Wildman–Crippen MR) is 103 cm³/mol. The fraction of sp³-hybridized carbons (Fsp3) is 0.200. The number of carbonyl (C=O) groups is 2. The van der Waals surface area contributed by atoms with Crippen molar-refractivity contribution >= 4 is 35.2 Å². The standard InChI is InChI=1S/C20H21ClN2O2/c1-14-6-4-7-15(2)20(14)22-18(24)13-23(3)19(25)11-10-16-8-5-9-17(21)12-16/h4-12H,13H2,1-3H3,(H,22,24)/b11-10+. The summed E-state index contributed by atoms with van der Waals surface area (Å²) in [5.41, 5.74) is 3.60. The molecule has 0 bridgehead atoms. The smallest absolute Gasteiger partial charge is 0.246 e. The van der Waals surface area contributed by atoms with E-state index in [1.54, 1.807) is 25.3 Å². The number of anilines is 1. The number of para-hydroxylation sites is 1. The summed E-state index contributed by atoms with van der Waals surface area (Å²) < 4.78 is 0. The molecule has 0 saturated carbocycles. The summed E-state index contributed by atoms with van der Waals surface area (Å²) in [6.07, 6.45) is 3.10. The largest absolute Gasteiger partial charge is 0.333 e. The second-order valence-corrected chi connectivity index (χ2v) is 6.33. The molecule has 0 fully saturated rings. The highest BCUT2D eigenvalue weighted by Gasteiger charge is 2.12. The Labute approximate surface area is 153 Å². The predicted octanol–water partition coefficient (Wildman–Crippen LogP) is 4.07. The number of nitrogens with one attached hydrogen (secondary N) is 1. The molecule has 2 aromatic rings. The van der Waals surface area contributed by atoms with Crippen LogP contribution in [0.2, 0.25) is 5.02 Å². The molecule has 2 rings (SSSR count). The van der Waals surface area contributed by atoms with Gasteiger partial charge >= 0.3 is 0 Å². The highest BCUT2D eigenvalue weighted by Crippen LogP contribution is 2.19. The summed E-state index contributed by atoms with van der Waals surface area (Å²) in [7, 11) is 1.59. The summed E-state index contributed by atoms with van der Waals surface area (Å²) >= 11 is 5.91. The van der Waals surface area contributed by atoms with E-state index in [0.717, 1.165) is 22.4 Å². The molecule has 0 radical (unpaired) electrons. The fourth-order valence-corrected chi connectivity index (χ4v) is 2.59. The van der Waals surface area contributed by atoms with Gasteiger partial charge in [0.15, 0.2) is 0 Å². The number of halogens is 1. The van der Waals surface area contributed by atoms with Crippen LogP contribution < -0.4 is 5.32 Å². The number of nitrogens with zero attached hydrogens (tertiary/aromatic N) is 1. The van der Waals surface area contributed by atoms with Crippen LogP contribution in [0.5, 0.6) is 0 Å². The molecular formula is C20H21ClN2O2. The third-order valence-electron chi connectivity index (χ3n) is 3.77. The van der Waals surface area contributed by atoms with Gasteiger partial charge in [-0.25, -0.2) is 0 Å². The Kier molecular flexibility index (Phi) is 6.37. The monoisotopic (exact) mass is 356 g/mol. The molecule has 2 aromatic carbocycles. The van der Waals surface area contributed by atoms with Crippen molar-refractivity contribution in [1.29, 1.82) is 0 Å². The van der Waals surface area contributed by atoms with Crippen LogP contribution >= 0.6 is 11.6 Å². The van der Waals surface area contributed by atoms with Crippen LogP contribution in [0.1, 0.15) is 16.7 Å². The molecule has 0 aliphatic rings. The molecular weight excluding hydrogens is 336 g/mol. The third-order valence-corrected chi connectivity index (χ3v) is 4.00. The molecule has 0 aliphatic heterocycles. The molecule has 0 spiro atoms. The number of aryl methyl sites for hydroxylation is 2. The first-order valence-electron chi connectivity index (χ1n) is 7.91. The Morgan fingerprint density at radius 3 is 2.40 bits per heavy atom. The van der Waals surface area contributed by atoms with Gasteiger partial charge in [-0.2, -0.15) is 0 Å². The first-order valence-corrected chi connectivity index (χ1v) is 8.29. The maximum Gasteiger partial charge on any atom is 0.246 e. The zero-order valence-corrected chi connectivity index (χ0v) is 15.3. The van der Waals surface area contributed by atoms with Crippen molar-refractivity contribution in [1.82, 2.24) is 4.90 Å². The van der Waals surface area contributed by atoms with Gasteiger partial charge in [-0.1, -0.05) is 41.9 Å². The zero-order valence-electron chi connectivity index (χ0n) is 14.5. The summed E-state index contributed by atoms with van der Waals surface area (Å²) in [5, 5.41) is 3.48. The Morgan fingerprint density at radius 2 is 1.76 bits per heavy atom. The van der Waals surface area contributed by atoms with E-state index in [0.29, 0.717) is 5.02 Å². The summed E-state index contributed by atoms with van der Waals surface area (Å²) in [4.78, 5) is 25.7. The third kappa shape index (κ3) is 5.47. The molecule has 5 heteroatoms. The summed E-state index contributed by atoms with van der Waals surface area (Å²) in [5.74, 6) is -0.485. The molecule has 0 atom stereocenters. The lowest BCUT2D eigenvalue weighted by Gasteiger charge is -2.16. The second-order valence-electron chi connectivity index (χ2n) is 5.90. The number of benzene rings is 2. The quantitative estimate of drug-likeness (QED) is 0.821. The fourth-order valence-electron chi connectivity index (χ4n) is 2.39. The topological polar surface area (TPSA) is 49.4 Å². The Hall–Kier alpha value is -2.59. The van der Waals surface area contributed by atoms with Crippen LogP contribution in [-0.4, -0.2) is 30.3 Å². The van der Waals surface area contributed by atoms with E-state index in [1.165, 1.54) is 11.0 Å². The lowest BCUT2D eigenvalue weighted by molar-refractivity contribution is -0.129. The average Bonchev–Trinajstić information content (AvgIpc) is 2.56. The zero-order chi connectivity index (χ0) is 18.4. The average molecular weight is 357 g/mol. The van der Waals surface area contributed by atoms with Gasteiger partial charge in [0.05, 0.1) is 6.54 Å². The van der Waals surface area contributed by atoms with Gasteiger partial charge in [0.1, 0.15) is 0 Å². The van der Waals surface area contributed by atoms with Crippen LogP contribution in [0.25, 0.3) is 6.08 Å². The van der Waals surface area contributed by atoms with E-state index in [4.69, 9.17) is 11.6 Å². The highest BCUT2D eigenvalue weighted by molar-refractivity contribution is 6.30. The maximum atomic E-state index is 12.2. The van der Waals surface area contributed by atoms with Gasteiger partial charge in [0.2, 0.25) is 11.8 Å². The first kappa shape index (κ1) is 18.7. The van der Waals surface area contributed by atoms with E-state index in [-0.39, 0.29) is 18.4 Å². The minimum absolute atomic E-state index is 0.0213. The van der Waals surface area contributed by atoms with E-state index < -0.39 is 0 Å². The maximum absolute atomic E-state index is 12.2. The van der Waals surface area contributed by atoms with Crippen molar-refractivity contribution in [3.63, 3.8) is 0 Å². The van der Waals surface area contributed by atoms with E-state index in [2.05, 4.69) is 5.32 Å². The number of carbonyl (C=O) groups excluding carboxylic acids is 2. The van der Waals surface area contributed by atoms with Crippen molar-refractivity contribution in [3.05, 3.63) is 70.3 Å². The lowest BCUT2D eigenvalue weighted by atomic mass is 10.1. The van der Waals surface area contributed by atoms with Gasteiger partial charge in [0, 0.05) is 23.8 Å². The minimum Gasteiger partial charge on any atom is -0.333 e. The molecule has 0 heterocycles. The van der Waals surface area contributed by atoms with Crippen LogP contribution in [0, 0.1) is 13.8 Å². The van der Waals surface area contributed by atoms with Gasteiger partial charge in [-0.15, -0.1) is 0 Å². The molecule has 0 aromatic heterocycles. The van der Waals surface area contributed by atoms with Crippen LogP contribution in [0.4, 0.5) is 5.69 Å². The SMILES string of the molecule is Cc1cccc(C)c1NC(=O)CN(C)C(=O)/C=C/c1cccc(Cl)c1. The van der Waals surface area contributed by atoms with Gasteiger partial charge < -0.3 is 10.2 Å². The van der Waals surface area contributed by atoms with Crippen molar-refractivity contribution in [3.8, 4) is 0 Å². The number of likely N-dealkylation sites (N-methyl/N-ethyl adjacent to an activating group) is 1. The molecule has 0 unspecified atom stereocenters. The Balaban J connectivity index is 1.95. The Morgan fingerprint density at radius 1 is 1.12 bits per heavy atom. The minimum atomic E-state index is -0.253.